The average Bonchev–Trinajstić information content (AvgIpc) is 2.47. The molecule has 2 aromatic rings. The van der Waals surface area contributed by atoms with E-state index in [0.29, 0.717) is 12.3 Å². The number of anilines is 1. The van der Waals surface area contributed by atoms with Crippen LogP contribution in [0.25, 0.3) is 6.08 Å². The fraction of sp³-hybridized carbons (Fsp3) is 0.118. The van der Waals surface area contributed by atoms with Gasteiger partial charge in [-0.25, -0.2) is 4.39 Å². The van der Waals surface area contributed by atoms with Gasteiger partial charge < -0.3 is 10.1 Å². The third-order valence-corrected chi connectivity index (χ3v) is 2.80. The molecule has 1 N–H and O–H groups in total. The molecule has 1 amide bonds. The molecule has 0 aliphatic carbocycles. The number of ether oxygens (including phenoxy) is 1. The quantitative estimate of drug-likeness (QED) is 0.852. The first-order valence-corrected chi connectivity index (χ1v) is 6.50. The molecule has 0 heterocycles. The second-order valence-corrected chi connectivity index (χ2v) is 4.51. The van der Waals surface area contributed by atoms with Crippen LogP contribution in [0.2, 0.25) is 0 Å². The molecule has 0 fully saturated rings. The molecule has 4 heteroatoms. The number of carbonyl (C=O) groups excluding carboxylic acids is 1. The highest BCUT2D eigenvalue weighted by Crippen LogP contribution is 2.12. The van der Waals surface area contributed by atoms with Crippen LogP contribution in [-0.4, -0.2) is 13.0 Å². The van der Waals surface area contributed by atoms with Crippen molar-refractivity contribution in [2.75, 3.05) is 12.4 Å². The first-order chi connectivity index (χ1) is 10.2. The van der Waals surface area contributed by atoms with Crippen LogP contribution in [0.1, 0.15) is 11.1 Å². The number of hydrogen-bond acceptors (Lipinski definition) is 2. The zero-order chi connectivity index (χ0) is 15.1. The fourth-order valence-electron chi connectivity index (χ4n) is 1.84. The summed E-state index contributed by atoms with van der Waals surface area (Å²) >= 11 is 0. The van der Waals surface area contributed by atoms with Crippen molar-refractivity contribution in [1.82, 2.24) is 0 Å². The van der Waals surface area contributed by atoms with E-state index in [9.17, 15) is 9.18 Å². The molecule has 3 nitrogen and oxygen atoms in total. The maximum atomic E-state index is 12.8. The number of carbonyl (C=O) groups is 1. The SMILES string of the molecule is COCc1cccc(NC(=O)/C=C/c2ccc(F)cc2)c1. The number of halogens is 1. The molecular weight excluding hydrogens is 269 g/mol. The molecular formula is C17H16FNO2. The molecule has 0 saturated heterocycles. The number of benzene rings is 2. The molecule has 0 atom stereocenters. The van der Waals surface area contributed by atoms with Gasteiger partial charge in [0.25, 0.3) is 0 Å². The molecule has 0 radical (unpaired) electrons. The van der Waals surface area contributed by atoms with Crippen molar-refractivity contribution in [2.24, 2.45) is 0 Å². The lowest BCUT2D eigenvalue weighted by molar-refractivity contribution is -0.111. The smallest absolute Gasteiger partial charge is 0.248 e. The molecule has 0 saturated carbocycles. The van der Waals surface area contributed by atoms with Gasteiger partial charge in [0.15, 0.2) is 0 Å². The molecule has 0 bridgehead atoms. The molecule has 0 aliphatic rings. The van der Waals surface area contributed by atoms with E-state index in [0.717, 1.165) is 11.1 Å². The number of methoxy groups -OCH3 is 1. The van der Waals surface area contributed by atoms with Gasteiger partial charge in [-0.3, -0.25) is 4.79 Å². The monoisotopic (exact) mass is 285 g/mol. The lowest BCUT2D eigenvalue weighted by Crippen LogP contribution is -2.07. The molecule has 108 valence electrons. The minimum absolute atomic E-state index is 0.242. The summed E-state index contributed by atoms with van der Waals surface area (Å²) in [5.74, 6) is -0.541. The second-order valence-electron chi connectivity index (χ2n) is 4.51. The van der Waals surface area contributed by atoms with Crippen molar-refractivity contribution in [2.45, 2.75) is 6.61 Å². The van der Waals surface area contributed by atoms with Crippen LogP contribution in [0.3, 0.4) is 0 Å². The lowest BCUT2D eigenvalue weighted by atomic mass is 10.2. The maximum absolute atomic E-state index is 12.8. The minimum atomic E-state index is -0.299. The van der Waals surface area contributed by atoms with E-state index in [-0.39, 0.29) is 11.7 Å². The Kier molecular flexibility index (Phi) is 5.23. The summed E-state index contributed by atoms with van der Waals surface area (Å²) in [5.41, 5.74) is 2.45. The van der Waals surface area contributed by atoms with Gasteiger partial charge in [-0.1, -0.05) is 24.3 Å². The predicted octanol–water partition coefficient (Wildman–Crippen LogP) is 3.62. The Morgan fingerprint density at radius 2 is 2.00 bits per heavy atom. The van der Waals surface area contributed by atoms with E-state index < -0.39 is 0 Å². The van der Waals surface area contributed by atoms with Crippen LogP contribution >= 0.6 is 0 Å². The summed E-state index contributed by atoms with van der Waals surface area (Å²) < 4.78 is 17.8. The summed E-state index contributed by atoms with van der Waals surface area (Å²) in [6.45, 7) is 0.495. The van der Waals surface area contributed by atoms with Gasteiger partial charge in [-0.2, -0.15) is 0 Å². The van der Waals surface area contributed by atoms with Crippen molar-refractivity contribution in [3.8, 4) is 0 Å². The van der Waals surface area contributed by atoms with Gasteiger partial charge in [-0.15, -0.1) is 0 Å². The van der Waals surface area contributed by atoms with E-state index in [1.165, 1.54) is 18.2 Å². The Balaban J connectivity index is 1.98. The Hall–Kier alpha value is -2.46. The summed E-state index contributed by atoms with van der Waals surface area (Å²) in [5, 5.41) is 2.77. The summed E-state index contributed by atoms with van der Waals surface area (Å²) in [7, 11) is 1.62. The van der Waals surface area contributed by atoms with Crippen molar-refractivity contribution in [3.05, 3.63) is 71.6 Å². The standard InChI is InChI=1S/C17H16FNO2/c1-21-12-14-3-2-4-16(11-14)19-17(20)10-7-13-5-8-15(18)9-6-13/h2-11H,12H2,1H3,(H,19,20)/b10-7+. The van der Waals surface area contributed by atoms with Gasteiger partial charge in [0, 0.05) is 18.9 Å². The zero-order valence-corrected chi connectivity index (χ0v) is 11.7. The number of hydrogen-bond donors (Lipinski definition) is 1. The third-order valence-electron chi connectivity index (χ3n) is 2.80. The Bertz CT molecular complexity index is 635. The van der Waals surface area contributed by atoms with Gasteiger partial charge in [-0.05, 0) is 41.5 Å². The highest BCUT2D eigenvalue weighted by molar-refractivity contribution is 6.01. The first kappa shape index (κ1) is 14.9. The normalized spacial score (nSPS) is 10.8. The highest BCUT2D eigenvalue weighted by atomic mass is 19.1. The Morgan fingerprint density at radius 3 is 2.71 bits per heavy atom. The Morgan fingerprint density at radius 1 is 1.24 bits per heavy atom. The molecule has 2 aromatic carbocycles. The van der Waals surface area contributed by atoms with E-state index in [1.54, 1.807) is 25.3 Å². The van der Waals surface area contributed by atoms with Crippen molar-refractivity contribution in [1.29, 1.82) is 0 Å². The zero-order valence-electron chi connectivity index (χ0n) is 11.7. The van der Waals surface area contributed by atoms with E-state index >= 15 is 0 Å². The predicted molar refractivity (Wildman–Crippen MR) is 81.2 cm³/mol. The van der Waals surface area contributed by atoms with E-state index in [1.807, 2.05) is 24.3 Å². The van der Waals surface area contributed by atoms with Crippen LogP contribution in [0, 0.1) is 5.82 Å². The van der Waals surface area contributed by atoms with E-state index in [4.69, 9.17) is 4.74 Å². The Labute approximate surface area is 123 Å². The number of nitrogens with one attached hydrogen (secondary N) is 1. The molecule has 2 rings (SSSR count). The summed E-state index contributed by atoms with van der Waals surface area (Å²) in [4.78, 5) is 11.8. The molecule has 0 unspecified atom stereocenters. The fourth-order valence-corrected chi connectivity index (χ4v) is 1.84. The molecule has 0 aliphatic heterocycles. The van der Waals surface area contributed by atoms with Gasteiger partial charge in [0.1, 0.15) is 5.82 Å². The van der Waals surface area contributed by atoms with Crippen LogP contribution < -0.4 is 5.32 Å². The highest BCUT2D eigenvalue weighted by Gasteiger charge is 1.99. The molecule has 0 aromatic heterocycles. The average molecular weight is 285 g/mol. The van der Waals surface area contributed by atoms with Crippen LogP contribution in [0.4, 0.5) is 10.1 Å². The van der Waals surface area contributed by atoms with Crippen LogP contribution in [0.15, 0.2) is 54.6 Å². The first-order valence-electron chi connectivity index (χ1n) is 6.50. The van der Waals surface area contributed by atoms with Crippen LogP contribution in [0.5, 0.6) is 0 Å². The third kappa shape index (κ3) is 4.85. The van der Waals surface area contributed by atoms with Gasteiger partial charge >= 0.3 is 0 Å². The van der Waals surface area contributed by atoms with Crippen molar-refractivity contribution >= 4 is 17.7 Å². The summed E-state index contributed by atoms with van der Waals surface area (Å²) in [6, 6.07) is 13.4. The van der Waals surface area contributed by atoms with Crippen molar-refractivity contribution in [3.63, 3.8) is 0 Å². The van der Waals surface area contributed by atoms with Gasteiger partial charge in [0.05, 0.1) is 6.61 Å². The second kappa shape index (κ2) is 7.36. The minimum Gasteiger partial charge on any atom is -0.380 e. The van der Waals surface area contributed by atoms with E-state index in [2.05, 4.69) is 5.32 Å². The van der Waals surface area contributed by atoms with Crippen LogP contribution in [-0.2, 0) is 16.1 Å². The molecule has 21 heavy (non-hydrogen) atoms. The molecule has 0 spiro atoms. The number of amides is 1. The largest absolute Gasteiger partial charge is 0.380 e. The van der Waals surface area contributed by atoms with Crippen molar-refractivity contribution < 1.29 is 13.9 Å². The topological polar surface area (TPSA) is 38.3 Å². The number of rotatable bonds is 5. The summed E-state index contributed by atoms with van der Waals surface area (Å²) in [6.07, 6.45) is 3.05. The lowest BCUT2D eigenvalue weighted by Gasteiger charge is -2.05. The van der Waals surface area contributed by atoms with Gasteiger partial charge in [0.2, 0.25) is 5.91 Å². The maximum Gasteiger partial charge on any atom is 0.248 e.